The Labute approximate surface area is 148 Å². The maximum Gasteiger partial charge on any atom is 0.410 e. The second-order valence-electron chi connectivity index (χ2n) is 5.47. The molecule has 0 aliphatic carbocycles. The summed E-state index contributed by atoms with van der Waals surface area (Å²) in [6.07, 6.45) is -1.54. The van der Waals surface area contributed by atoms with Gasteiger partial charge in [-0.05, 0) is 23.8 Å². The normalized spacial score (nSPS) is 14.1. The summed E-state index contributed by atoms with van der Waals surface area (Å²) >= 11 is 5.81. The number of aromatic nitrogens is 1. The lowest BCUT2D eigenvalue weighted by atomic mass is 10.0. The maximum absolute atomic E-state index is 13.1. The Hall–Kier alpha value is -2.41. The van der Waals surface area contributed by atoms with Crippen LogP contribution in [0, 0.1) is 0 Å². The molecule has 1 aromatic carbocycles. The van der Waals surface area contributed by atoms with Crippen LogP contribution >= 0.6 is 11.6 Å². The number of methoxy groups -OCH3 is 1. The molecule has 1 fully saturated rings. The highest BCUT2D eigenvalue weighted by molar-refractivity contribution is 6.31. The van der Waals surface area contributed by atoms with Crippen LogP contribution in [-0.4, -0.2) is 36.2 Å². The lowest BCUT2D eigenvalue weighted by molar-refractivity contribution is 0.151. The summed E-state index contributed by atoms with van der Waals surface area (Å²) in [6.45, 7) is 1.07. The van der Waals surface area contributed by atoms with E-state index in [1.54, 1.807) is 12.1 Å². The third kappa shape index (κ3) is 3.66. The SMILES string of the molecule is COc1ncc(-c2ccc(Cl)c(C(F)F)c2)cc1CN1CCOC1=O. The van der Waals surface area contributed by atoms with Crippen LogP contribution in [0.15, 0.2) is 30.5 Å². The molecule has 8 heteroatoms. The van der Waals surface area contributed by atoms with Gasteiger partial charge in [0.15, 0.2) is 0 Å². The van der Waals surface area contributed by atoms with Gasteiger partial charge in [0.1, 0.15) is 6.61 Å². The van der Waals surface area contributed by atoms with E-state index < -0.39 is 12.5 Å². The Kier molecular flexibility index (Phi) is 5.03. The highest BCUT2D eigenvalue weighted by atomic mass is 35.5. The first-order valence-corrected chi connectivity index (χ1v) is 7.90. The Bertz CT molecular complexity index is 801. The number of rotatable bonds is 5. The first-order chi connectivity index (χ1) is 12.0. The summed E-state index contributed by atoms with van der Waals surface area (Å²) in [5.41, 5.74) is 1.61. The molecule has 2 aromatic rings. The van der Waals surface area contributed by atoms with E-state index in [1.807, 2.05) is 0 Å². The lowest BCUT2D eigenvalue weighted by Gasteiger charge is -2.16. The van der Waals surface area contributed by atoms with Gasteiger partial charge in [-0.2, -0.15) is 0 Å². The molecule has 1 aliphatic heterocycles. The molecular weight excluding hydrogens is 354 g/mol. The van der Waals surface area contributed by atoms with E-state index in [0.717, 1.165) is 0 Å². The largest absolute Gasteiger partial charge is 0.481 e. The number of hydrogen-bond acceptors (Lipinski definition) is 4. The van der Waals surface area contributed by atoms with Crippen molar-refractivity contribution in [3.63, 3.8) is 0 Å². The first-order valence-electron chi connectivity index (χ1n) is 7.52. The van der Waals surface area contributed by atoms with Crippen molar-refractivity contribution < 1.29 is 23.0 Å². The van der Waals surface area contributed by atoms with Gasteiger partial charge in [0.2, 0.25) is 5.88 Å². The standard InChI is InChI=1S/C17H15ClF2N2O3/c1-24-16-12(9-22-4-5-25-17(22)23)6-11(8-21-16)10-2-3-14(18)13(7-10)15(19)20/h2-3,6-8,15H,4-5,9H2,1H3. The minimum Gasteiger partial charge on any atom is -0.481 e. The number of pyridine rings is 1. The van der Waals surface area contributed by atoms with E-state index in [0.29, 0.717) is 35.7 Å². The van der Waals surface area contributed by atoms with Crippen molar-refractivity contribution in [3.05, 3.63) is 46.6 Å². The van der Waals surface area contributed by atoms with Crippen molar-refractivity contribution in [2.45, 2.75) is 13.0 Å². The van der Waals surface area contributed by atoms with Crippen molar-refractivity contribution in [3.8, 4) is 17.0 Å². The monoisotopic (exact) mass is 368 g/mol. The van der Waals surface area contributed by atoms with Gasteiger partial charge in [-0.15, -0.1) is 0 Å². The van der Waals surface area contributed by atoms with Crippen LogP contribution in [0.5, 0.6) is 5.88 Å². The molecule has 1 saturated heterocycles. The Morgan fingerprint density at radius 3 is 2.80 bits per heavy atom. The molecule has 132 valence electrons. The summed E-state index contributed by atoms with van der Waals surface area (Å²) in [6, 6.07) is 6.17. The minimum absolute atomic E-state index is 0.0141. The Balaban J connectivity index is 1.96. The topological polar surface area (TPSA) is 51.7 Å². The molecule has 0 bridgehead atoms. The smallest absolute Gasteiger partial charge is 0.410 e. The van der Waals surface area contributed by atoms with Crippen LogP contribution in [0.3, 0.4) is 0 Å². The molecular formula is C17H15ClF2N2O3. The third-order valence-electron chi connectivity index (χ3n) is 3.89. The van der Waals surface area contributed by atoms with Gasteiger partial charge in [0.25, 0.3) is 6.43 Å². The van der Waals surface area contributed by atoms with E-state index in [4.69, 9.17) is 21.1 Å². The summed E-state index contributed by atoms with van der Waals surface area (Å²) in [5, 5.41) is 0.0141. The first kappa shape index (κ1) is 17.4. The number of hydrogen-bond donors (Lipinski definition) is 0. The zero-order valence-corrected chi connectivity index (χ0v) is 14.1. The number of carbonyl (C=O) groups excluding carboxylic acids is 1. The highest BCUT2D eigenvalue weighted by Crippen LogP contribution is 2.33. The number of alkyl halides is 2. The zero-order chi connectivity index (χ0) is 18.0. The van der Waals surface area contributed by atoms with Crippen LogP contribution in [0.1, 0.15) is 17.6 Å². The third-order valence-corrected chi connectivity index (χ3v) is 4.23. The molecule has 0 spiro atoms. The van der Waals surface area contributed by atoms with Crippen molar-refractivity contribution in [1.82, 2.24) is 9.88 Å². The highest BCUT2D eigenvalue weighted by Gasteiger charge is 2.24. The van der Waals surface area contributed by atoms with Crippen LogP contribution in [-0.2, 0) is 11.3 Å². The van der Waals surface area contributed by atoms with Gasteiger partial charge in [-0.25, -0.2) is 18.6 Å². The molecule has 25 heavy (non-hydrogen) atoms. The average molecular weight is 369 g/mol. The van der Waals surface area contributed by atoms with Crippen molar-refractivity contribution in [1.29, 1.82) is 0 Å². The minimum atomic E-state index is -2.67. The van der Waals surface area contributed by atoms with Gasteiger partial charge < -0.3 is 14.4 Å². The second kappa shape index (κ2) is 7.23. The van der Waals surface area contributed by atoms with Crippen molar-refractivity contribution in [2.75, 3.05) is 20.3 Å². The summed E-state index contributed by atoms with van der Waals surface area (Å²) in [7, 11) is 1.48. The quantitative estimate of drug-likeness (QED) is 0.789. The van der Waals surface area contributed by atoms with Crippen molar-refractivity contribution >= 4 is 17.7 Å². The molecule has 0 radical (unpaired) electrons. The molecule has 0 unspecified atom stereocenters. The number of amides is 1. The average Bonchev–Trinajstić information content (AvgIpc) is 3.00. The summed E-state index contributed by atoms with van der Waals surface area (Å²) in [4.78, 5) is 17.4. The molecule has 0 saturated carbocycles. The fraction of sp³-hybridized carbons (Fsp3) is 0.294. The van der Waals surface area contributed by atoms with Crippen LogP contribution in [0.25, 0.3) is 11.1 Å². The molecule has 5 nitrogen and oxygen atoms in total. The predicted molar refractivity (Wildman–Crippen MR) is 88.0 cm³/mol. The number of halogens is 3. The summed E-state index contributed by atoms with van der Waals surface area (Å²) in [5.74, 6) is 0.367. The van der Waals surface area contributed by atoms with Crippen LogP contribution in [0.4, 0.5) is 13.6 Å². The Morgan fingerprint density at radius 1 is 1.36 bits per heavy atom. The Morgan fingerprint density at radius 2 is 2.16 bits per heavy atom. The van der Waals surface area contributed by atoms with Gasteiger partial charge in [-0.3, -0.25) is 0 Å². The van der Waals surface area contributed by atoms with E-state index in [-0.39, 0.29) is 17.1 Å². The molecule has 0 N–H and O–H groups in total. The number of nitrogens with zero attached hydrogens (tertiary/aromatic N) is 2. The van der Waals surface area contributed by atoms with E-state index in [9.17, 15) is 13.6 Å². The maximum atomic E-state index is 13.1. The molecule has 2 heterocycles. The number of cyclic esters (lactones) is 1. The fourth-order valence-corrected chi connectivity index (χ4v) is 2.82. The van der Waals surface area contributed by atoms with E-state index in [1.165, 1.54) is 30.3 Å². The van der Waals surface area contributed by atoms with Crippen LogP contribution in [0.2, 0.25) is 5.02 Å². The number of carbonyl (C=O) groups is 1. The fourth-order valence-electron chi connectivity index (χ4n) is 2.62. The van der Waals surface area contributed by atoms with E-state index in [2.05, 4.69) is 4.98 Å². The van der Waals surface area contributed by atoms with Gasteiger partial charge >= 0.3 is 6.09 Å². The van der Waals surface area contributed by atoms with E-state index >= 15 is 0 Å². The van der Waals surface area contributed by atoms with Gasteiger partial charge in [-0.1, -0.05) is 17.7 Å². The molecule has 1 aromatic heterocycles. The molecule has 3 rings (SSSR count). The summed E-state index contributed by atoms with van der Waals surface area (Å²) < 4.78 is 36.3. The van der Waals surface area contributed by atoms with Gasteiger partial charge in [0.05, 0.1) is 20.2 Å². The van der Waals surface area contributed by atoms with Crippen molar-refractivity contribution in [2.24, 2.45) is 0 Å². The lowest BCUT2D eigenvalue weighted by Crippen LogP contribution is -2.24. The zero-order valence-electron chi connectivity index (χ0n) is 13.3. The molecule has 0 atom stereocenters. The molecule has 1 amide bonds. The number of benzene rings is 1. The van der Waals surface area contributed by atoms with Crippen LogP contribution < -0.4 is 4.74 Å². The predicted octanol–water partition coefficient (Wildman–Crippen LogP) is 4.30. The molecule has 1 aliphatic rings. The second-order valence-corrected chi connectivity index (χ2v) is 5.87. The van der Waals surface area contributed by atoms with Gasteiger partial charge in [0, 0.05) is 27.9 Å². The number of ether oxygens (including phenoxy) is 2.